The smallest absolute Gasteiger partial charge is 0.339 e. The van der Waals surface area contributed by atoms with Gasteiger partial charge in [-0.15, -0.1) is 0 Å². The zero-order valence-corrected chi connectivity index (χ0v) is 9.65. The summed E-state index contributed by atoms with van der Waals surface area (Å²) in [6, 6.07) is 1.81. The number of fused-ring (bicyclic) bond motifs is 1. The number of esters is 1. The molecule has 0 radical (unpaired) electrons. The Morgan fingerprint density at radius 3 is 2.88 bits per heavy atom. The molecule has 0 spiro atoms. The molecule has 2 aromatic rings. The number of ether oxygens (including phenoxy) is 1. The lowest BCUT2D eigenvalue weighted by atomic mass is 10.3. The number of hydrogen-bond donors (Lipinski definition) is 0. The molecule has 0 unspecified atom stereocenters. The number of hydrogen-bond acceptors (Lipinski definition) is 3. The van der Waals surface area contributed by atoms with Gasteiger partial charge in [0.1, 0.15) is 0 Å². The van der Waals surface area contributed by atoms with Crippen LogP contribution in [0.1, 0.15) is 28.7 Å². The lowest BCUT2D eigenvalue weighted by molar-refractivity contribution is 0.0526. The van der Waals surface area contributed by atoms with Gasteiger partial charge in [-0.25, -0.2) is 4.79 Å². The Morgan fingerprint density at radius 2 is 2.19 bits per heavy atom. The fourth-order valence-corrected chi connectivity index (χ4v) is 1.75. The van der Waals surface area contributed by atoms with Gasteiger partial charge in [-0.3, -0.25) is 4.98 Å². The molecule has 4 nitrogen and oxygen atoms in total. The maximum absolute atomic E-state index is 11.6. The van der Waals surface area contributed by atoms with Crippen molar-refractivity contribution in [1.82, 2.24) is 9.38 Å². The normalized spacial score (nSPS) is 10.7. The van der Waals surface area contributed by atoms with E-state index in [1.165, 1.54) is 0 Å². The Hall–Kier alpha value is -1.84. The number of aryl methyl sites for hydroxylation is 2. The minimum atomic E-state index is -0.289. The van der Waals surface area contributed by atoms with Gasteiger partial charge in [0.25, 0.3) is 0 Å². The molecule has 0 fully saturated rings. The molecule has 2 aromatic heterocycles. The molecule has 0 amide bonds. The second kappa shape index (κ2) is 3.96. The molecule has 4 heteroatoms. The summed E-state index contributed by atoms with van der Waals surface area (Å²) in [5.74, 6) is -0.289. The number of rotatable bonds is 2. The molecular formula is C12H14N2O2. The van der Waals surface area contributed by atoms with E-state index in [9.17, 15) is 4.79 Å². The lowest BCUT2D eigenvalue weighted by Gasteiger charge is -1.99. The van der Waals surface area contributed by atoms with Crippen LogP contribution in [-0.4, -0.2) is 22.0 Å². The van der Waals surface area contributed by atoms with Crippen molar-refractivity contribution in [1.29, 1.82) is 0 Å². The molecule has 84 valence electrons. The fraction of sp³-hybridized carbons (Fsp3) is 0.333. The predicted molar refractivity (Wildman–Crippen MR) is 60.6 cm³/mol. The quantitative estimate of drug-likeness (QED) is 0.725. The first-order valence-electron chi connectivity index (χ1n) is 5.25. The van der Waals surface area contributed by atoms with E-state index in [0.717, 1.165) is 16.9 Å². The summed E-state index contributed by atoms with van der Waals surface area (Å²) in [5, 5.41) is 0. The molecule has 0 aliphatic carbocycles. The van der Waals surface area contributed by atoms with Gasteiger partial charge >= 0.3 is 5.97 Å². The average molecular weight is 218 g/mol. The van der Waals surface area contributed by atoms with Gasteiger partial charge in [0.05, 0.1) is 29.1 Å². The SMILES string of the molecule is CCOC(=O)c1cc2c(C)nc(C)cn2c1. The predicted octanol–water partition coefficient (Wildman–Crippen LogP) is 2.13. The standard InChI is InChI=1S/C12H14N2O2/c1-4-16-12(15)10-5-11-9(3)13-8(2)6-14(11)7-10/h5-7H,4H2,1-3H3. The van der Waals surface area contributed by atoms with Crippen LogP contribution in [0.2, 0.25) is 0 Å². The highest BCUT2D eigenvalue weighted by molar-refractivity contribution is 5.91. The van der Waals surface area contributed by atoms with Crippen LogP contribution in [0.25, 0.3) is 5.52 Å². The van der Waals surface area contributed by atoms with Crippen molar-refractivity contribution in [2.24, 2.45) is 0 Å². The van der Waals surface area contributed by atoms with Crippen LogP contribution in [0.3, 0.4) is 0 Å². The molecule has 2 heterocycles. The van der Waals surface area contributed by atoms with Crippen molar-refractivity contribution in [3.8, 4) is 0 Å². The first kappa shape index (κ1) is 10.7. The van der Waals surface area contributed by atoms with E-state index in [-0.39, 0.29) is 5.97 Å². The molecule has 0 atom stereocenters. The highest BCUT2D eigenvalue weighted by Gasteiger charge is 2.11. The van der Waals surface area contributed by atoms with Crippen LogP contribution >= 0.6 is 0 Å². The van der Waals surface area contributed by atoms with E-state index in [0.29, 0.717) is 12.2 Å². The third-order valence-corrected chi connectivity index (χ3v) is 2.40. The van der Waals surface area contributed by atoms with Gasteiger partial charge in [-0.1, -0.05) is 0 Å². The van der Waals surface area contributed by atoms with Crippen LogP contribution < -0.4 is 0 Å². The second-order valence-electron chi connectivity index (χ2n) is 3.71. The second-order valence-corrected chi connectivity index (χ2v) is 3.71. The summed E-state index contributed by atoms with van der Waals surface area (Å²) in [5.41, 5.74) is 3.34. The van der Waals surface area contributed by atoms with Crippen molar-refractivity contribution in [3.05, 3.63) is 35.4 Å². The number of carbonyl (C=O) groups is 1. The molecule has 0 aliphatic heterocycles. The van der Waals surface area contributed by atoms with Crippen molar-refractivity contribution < 1.29 is 9.53 Å². The van der Waals surface area contributed by atoms with E-state index in [4.69, 9.17) is 4.74 Å². The first-order chi connectivity index (χ1) is 7.61. The first-order valence-corrected chi connectivity index (χ1v) is 5.25. The summed E-state index contributed by atoms with van der Waals surface area (Å²) < 4.78 is 6.86. The summed E-state index contributed by atoms with van der Waals surface area (Å²) in [7, 11) is 0. The van der Waals surface area contributed by atoms with Gasteiger partial charge in [-0.2, -0.15) is 0 Å². The molecule has 0 N–H and O–H groups in total. The summed E-state index contributed by atoms with van der Waals surface area (Å²) in [6.45, 7) is 6.04. The third kappa shape index (κ3) is 1.78. The Morgan fingerprint density at radius 1 is 1.44 bits per heavy atom. The third-order valence-electron chi connectivity index (χ3n) is 2.40. The van der Waals surface area contributed by atoms with Crippen LogP contribution in [0, 0.1) is 13.8 Å². The molecule has 0 bridgehead atoms. The van der Waals surface area contributed by atoms with Gasteiger partial charge in [0, 0.05) is 12.4 Å². The molecule has 0 saturated carbocycles. The Labute approximate surface area is 93.9 Å². The van der Waals surface area contributed by atoms with Crippen LogP contribution in [0.15, 0.2) is 18.5 Å². The number of carbonyl (C=O) groups excluding carboxylic acids is 1. The molecule has 0 aromatic carbocycles. The molecule has 16 heavy (non-hydrogen) atoms. The van der Waals surface area contributed by atoms with Crippen molar-refractivity contribution in [3.63, 3.8) is 0 Å². The highest BCUT2D eigenvalue weighted by atomic mass is 16.5. The molecular weight excluding hydrogens is 204 g/mol. The van der Waals surface area contributed by atoms with E-state index in [1.807, 2.05) is 24.4 Å². The zero-order chi connectivity index (χ0) is 11.7. The van der Waals surface area contributed by atoms with Gasteiger partial charge in [0.15, 0.2) is 0 Å². The molecule has 2 rings (SSSR count). The van der Waals surface area contributed by atoms with Gasteiger partial charge < -0.3 is 9.14 Å². The Balaban J connectivity index is 2.51. The van der Waals surface area contributed by atoms with Crippen molar-refractivity contribution in [2.75, 3.05) is 6.61 Å². The minimum Gasteiger partial charge on any atom is -0.462 e. The highest BCUT2D eigenvalue weighted by Crippen LogP contribution is 2.14. The van der Waals surface area contributed by atoms with Crippen LogP contribution in [0.4, 0.5) is 0 Å². The Kier molecular flexibility index (Phi) is 2.64. The van der Waals surface area contributed by atoms with E-state index in [1.54, 1.807) is 19.2 Å². The van der Waals surface area contributed by atoms with Gasteiger partial charge in [0.2, 0.25) is 0 Å². The molecule has 0 saturated heterocycles. The summed E-state index contributed by atoms with van der Waals surface area (Å²) in [4.78, 5) is 15.9. The minimum absolute atomic E-state index is 0.289. The van der Waals surface area contributed by atoms with Gasteiger partial charge in [-0.05, 0) is 26.8 Å². The van der Waals surface area contributed by atoms with Crippen molar-refractivity contribution in [2.45, 2.75) is 20.8 Å². The molecule has 0 aliphatic rings. The zero-order valence-electron chi connectivity index (χ0n) is 9.65. The lowest BCUT2D eigenvalue weighted by Crippen LogP contribution is -2.02. The number of aromatic nitrogens is 2. The average Bonchev–Trinajstić information content (AvgIpc) is 2.62. The van der Waals surface area contributed by atoms with E-state index < -0.39 is 0 Å². The topological polar surface area (TPSA) is 43.6 Å². The summed E-state index contributed by atoms with van der Waals surface area (Å²) >= 11 is 0. The van der Waals surface area contributed by atoms with Crippen LogP contribution in [0.5, 0.6) is 0 Å². The maximum Gasteiger partial charge on any atom is 0.339 e. The maximum atomic E-state index is 11.6. The monoisotopic (exact) mass is 218 g/mol. The Bertz CT molecular complexity index is 543. The van der Waals surface area contributed by atoms with Crippen LogP contribution in [-0.2, 0) is 4.74 Å². The largest absolute Gasteiger partial charge is 0.462 e. The fourth-order valence-electron chi connectivity index (χ4n) is 1.75. The van der Waals surface area contributed by atoms with Crippen molar-refractivity contribution >= 4 is 11.5 Å². The van der Waals surface area contributed by atoms with E-state index in [2.05, 4.69) is 4.98 Å². The number of nitrogens with zero attached hydrogens (tertiary/aromatic N) is 2. The van der Waals surface area contributed by atoms with E-state index >= 15 is 0 Å². The summed E-state index contributed by atoms with van der Waals surface area (Å²) in [6.07, 6.45) is 3.67.